The first-order valence-electron chi connectivity index (χ1n) is 6.11. The molecule has 0 amide bonds. The Morgan fingerprint density at radius 2 is 1.32 bits per heavy atom. The lowest BCUT2D eigenvalue weighted by Gasteiger charge is -2.12. The van der Waals surface area contributed by atoms with Gasteiger partial charge in [0.15, 0.2) is 6.29 Å². The summed E-state index contributed by atoms with van der Waals surface area (Å²) in [6.45, 7) is 0. The number of hydrogen-bond donors (Lipinski definition) is 0. The van der Waals surface area contributed by atoms with Crippen LogP contribution in [0.15, 0.2) is 53.0 Å². The molecule has 1 nitrogen and oxygen atoms in total. The van der Waals surface area contributed by atoms with Crippen LogP contribution in [0.4, 0.5) is 0 Å². The smallest absolute Gasteiger partial charge is 0.150 e. The highest BCUT2D eigenvalue weighted by Gasteiger charge is 2.11. The molecule has 0 aromatic heterocycles. The van der Waals surface area contributed by atoms with Crippen molar-refractivity contribution in [2.45, 2.75) is 0 Å². The van der Waals surface area contributed by atoms with Gasteiger partial charge in [0.1, 0.15) is 0 Å². The average Bonchev–Trinajstić information content (AvgIpc) is 2.46. The van der Waals surface area contributed by atoms with Crippen LogP contribution in [0.3, 0.4) is 0 Å². The van der Waals surface area contributed by atoms with E-state index in [2.05, 4.69) is 46.3 Å². The van der Waals surface area contributed by atoms with Gasteiger partial charge >= 0.3 is 0 Å². The number of rotatable bonds is 1. The quantitative estimate of drug-likeness (QED) is 0.351. The van der Waals surface area contributed by atoms with Crippen LogP contribution in [0, 0.1) is 0 Å². The Morgan fingerprint density at radius 1 is 0.737 bits per heavy atom. The Labute approximate surface area is 118 Å². The van der Waals surface area contributed by atoms with E-state index in [9.17, 15) is 4.79 Å². The second kappa shape index (κ2) is 3.78. The maximum atomic E-state index is 11.2. The van der Waals surface area contributed by atoms with Gasteiger partial charge in [-0.05, 0) is 38.4 Å². The lowest BCUT2D eigenvalue weighted by Crippen LogP contribution is -1.88. The average molecular weight is 309 g/mol. The van der Waals surface area contributed by atoms with Crippen LogP contribution in [0.25, 0.3) is 32.3 Å². The molecule has 0 bridgehead atoms. The summed E-state index contributed by atoms with van der Waals surface area (Å²) in [5, 5.41) is 7.02. The Bertz CT molecular complexity index is 940. The summed E-state index contributed by atoms with van der Waals surface area (Å²) in [5.74, 6) is 0. The Morgan fingerprint density at radius 3 is 2.05 bits per heavy atom. The third-order valence-corrected chi connectivity index (χ3v) is 4.46. The highest BCUT2D eigenvalue weighted by atomic mass is 79.9. The first kappa shape index (κ1) is 10.9. The number of aldehydes is 1. The van der Waals surface area contributed by atoms with Crippen LogP contribution in [0.1, 0.15) is 10.4 Å². The fourth-order valence-corrected chi connectivity index (χ4v) is 3.35. The maximum absolute atomic E-state index is 11.2. The predicted molar refractivity (Wildman–Crippen MR) is 83.2 cm³/mol. The van der Waals surface area contributed by atoms with E-state index in [1.165, 1.54) is 26.9 Å². The van der Waals surface area contributed by atoms with Gasteiger partial charge in [0.2, 0.25) is 0 Å². The molecule has 0 atom stereocenters. The normalized spacial score (nSPS) is 11.6. The second-order valence-corrected chi connectivity index (χ2v) is 5.60. The van der Waals surface area contributed by atoms with E-state index in [4.69, 9.17) is 0 Å². The van der Waals surface area contributed by atoms with Crippen LogP contribution in [0.5, 0.6) is 0 Å². The van der Waals surface area contributed by atoms with E-state index in [0.29, 0.717) is 0 Å². The maximum Gasteiger partial charge on any atom is 0.150 e. The van der Waals surface area contributed by atoms with Crippen molar-refractivity contribution < 1.29 is 4.79 Å². The molecule has 0 fully saturated rings. The molecule has 0 spiro atoms. The van der Waals surface area contributed by atoms with Crippen molar-refractivity contribution in [2.24, 2.45) is 0 Å². The van der Waals surface area contributed by atoms with Crippen LogP contribution >= 0.6 is 15.9 Å². The molecule has 4 aromatic carbocycles. The molecule has 0 saturated heterocycles. The molecular weight excluding hydrogens is 300 g/mol. The van der Waals surface area contributed by atoms with Gasteiger partial charge < -0.3 is 0 Å². The number of hydrogen-bond acceptors (Lipinski definition) is 1. The minimum absolute atomic E-state index is 0.752. The molecule has 0 unspecified atom stereocenters. The highest BCUT2D eigenvalue weighted by Crippen LogP contribution is 2.38. The van der Waals surface area contributed by atoms with Gasteiger partial charge in [0.05, 0.1) is 0 Å². The Hall–Kier alpha value is -1.93. The van der Waals surface area contributed by atoms with Crippen LogP contribution < -0.4 is 0 Å². The summed E-state index contributed by atoms with van der Waals surface area (Å²) in [7, 11) is 0. The minimum atomic E-state index is 0.752. The lowest BCUT2D eigenvalue weighted by molar-refractivity contribution is 0.112. The fraction of sp³-hybridized carbons (Fsp3) is 0. The van der Waals surface area contributed by atoms with Crippen molar-refractivity contribution in [3.05, 3.63) is 58.6 Å². The zero-order valence-electron chi connectivity index (χ0n) is 9.98. The number of carbonyl (C=O) groups excluding carboxylic acids is 1. The zero-order chi connectivity index (χ0) is 13.0. The molecule has 4 aromatic rings. The van der Waals surface area contributed by atoms with Gasteiger partial charge in [-0.25, -0.2) is 0 Å². The van der Waals surface area contributed by atoms with Crippen molar-refractivity contribution in [1.82, 2.24) is 0 Å². The zero-order valence-corrected chi connectivity index (χ0v) is 11.6. The summed E-state index contributed by atoms with van der Waals surface area (Å²) >= 11 is 3.61. The van der Waals surface area contributed by atoms with Gasteiger partial charge in [0.25, 0.3) is 0 Å². The number of halogens is 1. The van der Waals surface area contributed by atoms with E-state index < -0.39 is 0 Å². The minimum Gasteiger partial charge on any atom is -0.298 e. The number of carbonyl (C=O) groups is 1. The third kappa shape index (κ3) is 1.38. The van der Waals surface area contributed by atoms with E-state index in [0.717, 1.165) is 21.7 Å². The highest BCUT2D eigenvalue weighted by molar-refractivity contribution is 9.10. The fourth-order valence-electron chi connectivity index (χ4n) is 2.89. The van der Waals surface area contributed by atoms with Crippen molar-refractivity contribution in [2.75, 3.05) is 0 Å². The van der Waals surface area contributed by atoms with Gasteiger partial charge in [-0.15, -0.1) is 0 Å². The van der Waals surface area contributed by atoms with E-state index >= 15 is 0 Å². The molecule has 19 heavy (non-hydrogen) atoms. The van der Waals surface area contributed by atoms with Gasteiger partial charge in [-0.1, -0.05) is 58.4 Å². The Kier molecular flexibility index (Phi) is 2.18. The number of benzene rings is 4. The molecule has 2 heteroatoms. The van der Waals surface area contributed by atoms with Crippen molar-refractivity contribution in [1.29, 1.82) is 0 Å². The van der Waals surface area contributed by atoms with Gasteiger partial charge in [-0.2, -0.15) is 0 Å². The van der Waals surface area contributed by atoms with Gasteiger partial charge in [-0.3, -0.25) is 4.79 Å². The van der Waals surface area contributed by atoms with E-state index in [1.807, 2.05) is 18.2 Å². The standard InChI is InChI=1S/C17H9BrO/c18-15-8-5-11-3-6-13-12(9-19)2-1-10-4-7-14(15)17(11)16(10)13/h1-9H. The van der Waals surface area contributed by atoms with Crippen LogP contribution in [-0.2, 0) is 0 Å². The predicted octanol–water partition coefficient (Wildman–Crippen LogP) is 5.16. The molecule has 90 valence electrons. The monoisotopic (exact) mass is 308 g/mol. The molecule has 0 saturated carbocycles. The Balaban J connectivity index is 2.43. The van der Waals surface area contributed by atoms with Gasteiger partial charge in [0, 0.05) is 10.0 Å². The summed E-state index contributed by atoms with van der Waals surface area (Å²) < 4.78 is 1.09. The molecule has 4 rings (SSSR count). The molecular formula is C17H9BrO. The van der Waals surface area contributed by atoms with Crippen LogP contribution in [-0.4, -0.2) is 6.29 Å². The first-order chi connectivity index (χ1) is 9.29. The molecule has 0 aliphatic carbocycles. The summed E-state index contributed by atoms with van der Waals surface area (Å²) in [4.78, 5) is 11.2. The van der Waals surface area contributed by atoms with Crippen molar-refractivity contribution in [3.63, 3.8) is 0 Å². The third-order valence-electron chi connectivity index (χ3n) is 3.77. The molecule has 0 aliphatic heterocycles. The molecule has 0 aliphatic rings. The van der Waals surface area contributed by atoms with Crippen molar-refractivity contribution >= 4 is 54.5 Å². The largest absolute Gasteiger partial charge is 0.298 e. The summed E-state index contributed by atoms with van der Waals surface area (Å²) in [6.07, 6.45) is 0.931. The SMILES string of the molecule is O=Cc1ccc2ccc3c(Br)ccc4ccc1c2c43. The summed E-state index contributed by atoms with van der Waals surface area (Å²) in [5.41, 5.74) is 0.752. The topological polar surface area (TPSA) is 17.1 Å². The summed E-state index contributed by atoms with van der Waals surface area (Å²) in [6, 6.07) is 16.5. The van der Waals surface area contributed by atoms with Crippen LogP contribution in [0.2, 0.25) is 0 Å². The first-order valence-corrected chi connectivity index (χ1v) is 6.90. The second-order valence-electron chi connectivity index (χ2n) is 4.74. The molecule has 0 radical (unpaired) electrons. The van der Waals surface area contributed by atoms with Crippen molar-refractivity contribution in [3.8, 4) is 0 Å². The molecule has 0 N–H and O–H groups in total. The van der Waals surface area contributed by atoms with E-state index in [-0.39, 0.29) is 0 Å². The molecule has 0 heterocycles. The van der Waals surface area contributed by atoms with E-state index in [1.54, 1.807) is 0 Å². The lowest BCUT2D eigenvalue weighted by atomic mass is 9.92.